The molecule has 0 saturated carbocycles. The molecule has 0 radical (unpaired) electrons. The summed E-state index contributed by atoms with van der Waals surface area (Å²) in [5.74, 6) is -0.794. The van der Waals surface area contributed by atoms with Crippen molar-refractivity contribution in [2.24, 2.45) is 0 Å². The summed E-state index contributed by atoms with van der Waals surface area (Å²) in [5, 5.41) is 13.2. The van der Waals surface area contributed by atoms with Gasteiger partial charge in [0, 0.05) is 18.0 Å². The summed E-state index contributed by atoms with van der Waals surface area (Å²) in [4.78, 5) is 25.4. The predicted molar refractivity (Wildman–Crippen MR) is 63.5 cm³/mol. The number of nitrogens with zero attached hydrogens (tertiary/aromatic N) is 3. The highest BCUT2D eigenvalue weighted by Gasteiger charge is 2.15. The Hall–Kier alpha value is -2.21. The Balaban J connectivity index is 2.52. The summed E-state index contributed by atoms with van der Waals surface area (Å²) in [5.41, 5.74) is 0.776. The number of rotatable bonds is 3. The number of carbonyl (C=O) groups excluding carboxylic acids is 1. The van der Waals surface area contributed by atoms with Crippen LogP contribution in [0.1, 0.15) is 26.4 Å². The minimum absolute atomic E-state index is 0.0762. The number of carboxylic acid groups (broad SMARTS) is 1. The van der Waals surface area contributed by atoms with Gasteiger partial charge in [0.25, 0.3) is 0 Å². The highest BCUT2D eigenvalue weighted by Crippen LogP contribution is 2.19. The van der Waals surface area contributed by atoms with E-state index in [-0.39, 0.29) is 16.4 Å². The van der Waals surface area contributed by atoms with Crippen molar-refractivity contribution in [1.29, 1.82) is 0 Å². The van der Waals surface area contributed by atoms with Crippen LogP contribution in [0.25, 0.3) is 5.82 Å². The summed E-state index contributed by atoms with van der Waals surface area (Å²) in [6, 6.07) is 1.44. The molecular weight excluding hydrogens is 258 g/mol. The zero-order valence-electron chi connectivity index (χ0n) is 9.29. The molecule has 0 saturated heterocycles. The van der Waals surface area contributed by atoms with E-state index in [4.69, 9.17) is 16.7 Å². The van der Waals surface area contributed by atoms with Crippen molar-refractivity contribution in [3.63, 3.8) is 0 Å². The Labute approximate surface area is 107 Å². The molecule has 2 aromatic heterocycles. The zero-order valence-corrected chi connectivity index (χ0v) is 10.0. The SMILES string of the molecule is Cc1nn(-c2ncc(C=O)cc2Cl)cc1C(=O)O. The number of aryl methyl sites for hydroxylation is 1. The molecule has 0 amide bonds. The van der Waals surface area contributed by atoms with Crippen molar-refractivity contribution >= 4 is 23.9 Å². The maximum Gasteiger partial charge on any atom is 0.339 e. The molecule has 0 aliphatic heterocycles. The van der Waals surface area contributed by atoms with Crippen LogP contribution in [0.5, 0.6) is 0 Å². The van der Waals surface area contributed by atoms with Crippen LogP contribution in [0.4, 0.5) is 0 Å². The quantitative estimate of drug-likeness (QED) is 0.855. The number of aromatic carboxylic acids is 1. The highest BCUT2D eigenvalue weighted by atomic mass is 35.5. The zero-order chi connectivity index (χ0) is 13.3. The standard InChI is InChI=1S/C11H8ClN3O3/c1-6-8(11(17)18)4-15(14-6)10-9(12)2-7(5-16)3-13-10/h2-5H,1H3,(H,17,18). The van der Waals surface area contributed by atoms with E-state index < -0.39 is 5.97 Å². The molecule has 92 valence electrons. The smallest absolute Gasteiger partial charge is 0.339 e. The number of carboxylic acids is 1. The van der Waals surface area contributed by atoms with E-state index in [9.17, 15) is 9.59 Å². The van der Waals surface area contributed by atoms with Gasteiger partial charge >= 0.3 is 5.97 Å². The van der Waals surface area contributed by atoms with E-state index in [1.165, 1.54) is 23.1 Å². The molecule has 0 atom stereocenters. The third-order valence-electron chi connectivity index (χ3n) is 2.33. The second-order valence-corrected chi connectivity index (χ2v) is 3.98. The van der Waals surface area contributed by atoms with Crippen LogP contribution in [0.2, 0.25) is 5.02 Å². The Kier molecular flexibility index (Phi) is 3.12. The van der Waals surface area contributed by atoms with Crippen LogP contribution in [-0.2, 0) is 0 Å². The van der Waals surface area contributed by atoms with Crippen LogP contribution in [-0.4, -0.2) is 32.1 Å². The van der Waals surface area contributed by atoms with Gasteiger partial charge in [-0.05, 0) is 13.0 Å². The predicted octanol–water partition coefficient (Wildman–Crippen LogP) is 1.74. The minimum Gasteiger partial charge on any atom is -0.478 e. The molecule has 2 heterocycles. The number of aromatic nitrogens is 3. The maximum atomic E-state index is 10.9. The van der Waals surface area contributed by atoms with Gasteiger partial charge in [-0.3, -0.25) is 4.79 Å². The van der Waals surface area contributed by atoms with Crippen LogP contribution in [0.3, 0.4) is 0 Å². The summed E-state index contributed by atoms with van der Waals surface area (Å²) in [7, 11) is 0. The van der Waals surface area contributed by atoms with E-state index in [1.54, 1.807) is 6.92 Å². The first kappa shape index (κ1) is 12.3. The lowest BCUT2D eigenvalue weighted by molar-refractivity contribution is 0.0696. The number of aldehydes is 1. The fourth-order valence-electron chi connectivity index (χ4n) is 1.46. The van der Waals surface area contributed by atoms with Crippen molar-refractivity contribution in [3.05, 3.63) is 40.3 Å². The number of hydrogen-bond donors (Lipinski definition) is 1. The van der Waals surface area contributed by atoms with Gasteiger partial charge in [0.05, 0.1) is 10.7 Å². The monoisotopic (exact) mass is 265 g/mol. The first-order valence-electron chi connectivity index (χ1n) is 4.93. The number of pyridine rings is 1. The fourth-order valence-corrected chi connectivity index (χ4v) is 1.72. The highest BCUT2D eigenvalue weighted by molar-refractivity contribution is 6.32. The van der Waals surface area contributed by atoms with Gasteiger partial charge in [-0.15, -0.1) is 0 Å². The lowest BCUT2D eigenvalue weighted by atomic mass is 10.3. The molecule has 6 nitrogen and oxygen atoms in total. The van der Waals surface area contributed by atoms with E-state index in [1.807, 2.05) is 0 Å². The summed E-state index contributed by atoms with van der Waals surface area (Å²) >= 11 is 5.95. The van der Waals surface area contributed by atoms with Gasteiger partial charge < -0.3 is 5.11 Å². The van der Waals surface area contributed by atoms with Crippen molar-refractivity contribution in [1.82, 2.24) is 14.8 Å². The molecule has 18 heavy (non-hydrogen) atoms. The molecule has 2 aromatic rings. The molecule has 7 heteroatoms. The van der Waals surface area contributed by atoms with Gasteiger partial charge in [0.2, 0.25) is 0 Å². The second kappa shape index (κ2) is 4.58. The van der Waals surface area contributed by atoms with Crippen molar-refractivity contribution in [2.45, 2.75) is 6.92 Å². The van der Waals surface area contributed by atoms with Gasteiger partial charge in [-0.25, -0.2) is 14.5 Å². The second-order valence-electron chi connectivity index (χ2n) is 3.57. The molecule has 0 aliphatic carbocycles. The van der Waals surface area contributed by atoms with E-state index in [2.05, 4.69) is 10.1 Å². The van der Waals surface area contributed by atoms with Crippen LogP contribution in [0.15, 0.2) is 18.5 Å². The Morgan fingerprint density at radius 2 is 2.28 bits per heavy atom. The maximum absolute atomic E-state index is 10.9. The Bertz CT molecular complexity index is 636. The van der Waals surface area contributed by atoms with Crippen LogP contribution in [0, 0.1) is 6.92 Å². The van der Waals surface area contributed by atoms with Crippen LogP contribution >= 0.6 is 11.6 Å². The number of hydrogen-bond acceptors (Lipinski definition) is 4. The van der Waals surface area contributed by atoms with Gasteiger partial charge in [0.1, 0.15) is 5.56 Å². The lowest BCUT2D eigenvalue weighted by Gasteiger charge is -2.02. The largest absolute Gasteiger partial charge is 0.478 e. The summed E-state index contributed by atoms with van der Waals surface area (Å²) < 4.78 is 1.27. The minimum atomic E-state index is -1.07. The molecule has 0 fully saturated rings. The third-order valence-corrected chi connectivity index (χ3v) is 2.60. The molecule has 2 rings (SSSR count). The topological polar surface area (TPSA) is 85.1 Å². The van der Waals surface area contributed by atoms with E-state index >= 15 is 0 Å². The summed E-state index contributed by atoms with van der Waals surface area (Å²) in [6.45, 7) is 1.58. The number of halogens is 1. The Morgan fingerprint density at radius 1 is 1.56 bits per heavy atom. The van der Waals surface area contributed by atoms with Crippen LogP contribution < -0.4 is 0 Å². The molecule has 0 aromatic carbocycles. The third kappa shape index (κ3) is 2.10. The average molecular weight is 266 g/mol. The molecular formula is C11H8ClN3O3. The van der Waals surface area contributed by atoms with Crippen molar-refractivity contribution in [2.75, 3.05) is 0 Å². The molecule has 0 unspecified atom stereocenters. The van der Waals surface area contributed by atoms with E-state index in [0.29, 0.717) is 17.5 Å². The van der Waals surface area contributed by atoms with Gasteiger partial charge in [0.15, 0.2) is 12.1 Å². The van der Waals surface area contributed by atoms with Crippen molar-refractivity contribution in [3.8, 4) is 5.82 Å². The van der Waals surface area contributed by atoms with Gasteiger partial charge in [-0.2, -0.15) is 5.10 Å². The van der Waals surface area contributed by atoms with Gasteiger partial charge in [-0.1, -0.05) is 11.6 Å². The molecule has 0 bridgehead atoms. The fraction of sp³-hybridized carbons (Fsp3) is 0.0909. The molecule has 0 spiro atoms. The normalized spacial score (nSPS) is 10.3. The number of carbonyl (C=O) groups is 2. The first-order chi connectivity index (χ1) is 8.52. The van der Waals surface area contributed by atoms with Crippen molar-refractivity contribution < 1.29 is 14.7 Å². The average Bonchev–Trinajstić information content (AvgIpc) is 2.71. The lowest BCUT2D eigenvalue weighted by Crippen LogP contribution is -2.00. The Morgan fingerprint density at radius 3 is 2.78 bits per heavy atom. The first-order valence-corrected chi connectivity index (χ1v) is 5.31. The summed E-state index contributed by atoms with van der Waals surface area (Å²) in [6.07, 6.45) is 3.29. The molecule has 1 N–H and O–H groups in total. The molecule has 0 aliphatic rings. The van der Waals surface area contributed by atoms with E-state index in [0.717, 1.165) is 0 Å².